The van der Waals surface area contributed by atoms with E-state index in [4.69, 9.17) is 21.4 Å². The Labute approximate surface area is 163 Å². The molecule has 0 fully saturated rings. The molecule has 138 valence electrons. The molecule has 2 N–H and O–H groups in total. The summed E-state index contributed by atoms with van der Waals surface area (Å²) >= 11 is 6.01. The van der Waals surface area contributed by atoms with Gasteiger partial charge in [0.2, 0.25) is 0 Å². The Bertz CT molecular complexity index is 909. The topological polar surface area (TPSA) is 58.6 Å². The second-order valence-electron chi connectivity index (χ2n) is 6.13. The van der Waals surface area contributed by atoms with E-state index in [1.165, 1.54) is 0 Å². The number of benzene rings is 3. The molecular weight excluding hydrogens is 362 g/mol. The highest BCUT2D eigenvalue weighted by molar-refractivity contribution is 6.30. The highest BCUT2D eigenvalue weighted by Crippen LogP contribution is 2.20. The number of rotatable bonds is 8. The summed E-state index contributed by atoms with van der Waals surface area (Å²) in [5, 5.41) is 13.0. The molecule has 3 aromatic carbocycles. The molecule has 0 aliphatic heterocycles. The van der Waals surface area contributed by atoms with Crippen LogP contribution in [-0.4, -0.2) is 11.1 Å². The number of ether oxygens (including phenoxy) is 1. The first-order valence-electron chi connectivity index (χ1n) is 8.60. The summed E-state index contributed by atoms with van der Waals surface area (Å²) in [7, 11) is 0. The maximum Gasteiger partial charge on any atom is 0.335 e. The zero-order chi connectivity index (χ0) is 19.1. The maximum absolute atomic E-state index is 10.9. The molecule has 0 heterocycles. The van der Waals surface area contributed by atoms with Crippen molar-refractivity contribution >= 4 is 17.6 Å². The molecule has 27 heavy (non-hydrogen) atoms. The van der Waals surface area contributed by atoms with Crippen LogP contribution in [0.2, 0.25) is 5.02 Å². The van der Waals surface area contributed by atoms with Gasteiger partial charge in [-0.1, -0.05) is 54.1 Å². The van der Waals surface area contributed by atoms with Gasteiger partial charge in [0.05, 0.1) is 5.56 Å². The van der Waals surface area contributed by atoms with Crippen LogP contribution in [0.4, 0.5) is 0 Å². The second-order valence-corrected chi connectivity index (χ2v) is 6.57. The van der Waals surface area contributed by atoms with E-state index in [-0.39, 0.29) is 0 Å². The minimum atomic E-state index is -0.916. The molecule has 3 rings (SSSR count). The molecule has 0 aliphatic carbocycles. The summed E-state index contributed by atoms with van der Waals surface area (Å²) < 4.78 is 5.96. The van der Waals surface area contributed by atoms with Crippen LogP contribution in [0.1, 0.15) is 27.0 Å². The van der Waals surface area contributed by atoms with Crippen molar-refractivity contribution < 1.29 is 14.6 Å². The average Bonchev–Trinajstić information content (AvgIpc) is 2.68. The van der Waals surface area contributed by atoms with Crippen LogP contribution >= 0.6 is 11.6 Å². The van der Waals surface area contributed by atoms with E-state index in [0.717, 1.165) is 22.4 Å². The monoisotopic (exact) mass is 381 g/mol. The fraction of sp³-hybridized carbons (Fsp3) is 0.136. The summed E-state index contributed by atoms with van der Waals surface area (Å²) in [6, 6.07) is 22.4. The number of halogens is 1. The van der Waals surface area contributed by atoms with E-state index in [0.29, 0.717) is 30.3 Å². The lowest BCUT2D eigenvalue weighted by Gasteiger charge is -2.12. The molecule has 0 atom stereocenters. The number of carboxylic acids is 1. The molecule has 5 heteroatoms. The van der Waals surface area contributed by atoms with Gasteiger partial charge < -0.3 is 15.2 Å². The van der Waals surface area contributed by atoms with Crippen molar-refractivity contribution in [2.24, 2.45) is 0 Å². The first-order chi connectivity index (χ1) is 13.1. The van der Waals surface area contributed by atoms with Gasteiger partial charge >= 0.3 is 5.97 Å². The molecule has 0 saturated carbocycles. The fourth-order valence-electron chi connectivity index (χ4n) is 2.69. The second kappa shape index (κ2) is 9.21. The van der Waals surface area contributed by atoms with Crippen LogP contribution in [0, 0.1) is 0 Å². The normalized spacial score (nSPS) is 10.6. The molecule has 4 nitrogen and oxygen atoms in total. The summed E-state index contributed by atoms with van der Waals surface area (Å²) in [6.45, 7) is 1.74. The van der Waals surface area contributed by atoms with Crippen molar-refractivity contribution in [1.29, 1.82) is 0 Å². The van der Waals surface area contributed by atoms with Gasteiger partial charge in [0.25, 0.3) is 0 Å². The predicted molar refractivity (Wildman–Crippen MR) is 106 cm³/mol. The van der Waals surface area contributed by atoms with Gasteiger partial charge in [0, 0.05) is 23.7 Å². The Kier molecular flexibility index (Phi) is 6.47. The molecule has 0 aliphatic rings. The van der Waals surface area contributed by atoms with Crippen LogP contribution in [0.3, 0.4) is 0 Å². The van der Waals surface area contributed by atoms with E-state index in [1.807, 2.05) is 60.7 Å². The first-order valence-corrected chi connectivity index (χ1v) is 8.98. The average molecular weight is 382 g/mol. The lowest BCUT2D eigenvalue weighted by Crippen LogP contribution is -2.13. The Balaban J connectivity index is 1.56. The standard InChI is InChI=1S/C22H20ClNO3/c23-20-6-3-4-17(12-20)15-27-21-7-2-1-5-19(21)14-24-13-16-8-10-18(11-9-16)22(25)26/h1-12,24H,13-15H2,(H,25,26). The van der Waals surface area contributed by atoms with Gasteiger partial charge in [-0.15, -0.1) is 0 Å². The van der Waals surface area contributed by atoms with E-state index >= 15 is 0 Å². The molecule has 0 amide bonds. The van der Waals surface area contributed by atoms with E-state index in [9.17, 15) is 4.79 Å². The van der Waals surface area contributed by atoms with Crippen LogP contribution in [-0.2, 0) is 19.7 Å². The molecule has 0 spiro atoms. The summed E-state index contributed by atoms with van der Waals surface area (Å²) in [4.78, 5) is 10.9. The van der Waals surface area contributed by atoms with Gasteiger partial charge in [-0.2, -0.15) is 0 Å². The number of hydrogen-bond donors (Lipinski definition) is 2. The minimum absolute atomic E-state index is 0.290. The zero-order valence-electron chi connectivity index (χ0n) is 14.7. The van der Waals surface area contributed by atoms with Gasteiger partial charge in [0.15, 0.2) is 0 Å². The smallest absolute Gasteiger partial charge is 0.335 e. The van der Waals surface area contributed by atoms with Gasteiger partial charge in [0.1, 0.15) is 12.4 Å². The molecule has 0 saturated heterocycles. The van der Waals surface area contributed by atoms with Gasteiger partial charge in [-0.25, -0.2) is 4.79 Å². The molecular formula is C22H20ClNO3. The van der Waals surface area contributed by atoms with Crippen molar-refractivity contribution in [3.8, 4) is 5.75 Å². The van der Waals surface area contributed by atoms with Crippen LogP contribution in [0.15, 0.2) is 72.8 Å². The van der Waals surface area contributed by atoms with Gasteiger partial charge in [-0.3, -0.25) is 0 Å². The molecule has 0 bridgehead atoms. The maximum atomic E-state index is 10.9. The SMILES string of the molecule is O=C(O)c1ccc(CNCc2ccccc2OCc2cccc(Cl)c2)cc1. The number of aromatic carboxylic acids is 1. The summed E-state index contributed by atoms with van der Waals surface area (Å²) in [6.07, 6.45) is 0. The Hall–Kier alpha value is -2.82. The Morgan fingerprint density at radius 1 is 0.926 bits per heavy atom. The van der Waals surface area contributed by atoms with Crippen molar-refractivity contribution in [3.63, 3.8) is 0 Å². The molecule has 0 unspecified atom stereocenters. The predicted octanol–water partition coefficient (Wildman–Crippen LogP) is 4.91. The van der Waals surface area contributed by atoms with E-state index in [2.05, 4.69) is 5.32 Å². The van der Waals surface area contributed by atoms with Crippen molar-refractivity contribution in [1.82, 2.24) is 5.32 Å². The third-order valence-electron chi connectivity index (χ3n) is 4.10. The van der Waals surface area contributed by atoms with Crippen LogP contribution < -0.4 is 10.1 Å². The number of carbonyl (C=O) groups is 1. The summed E-state index contributed by atoms with van der Waals surface area (Å²) in [5.41, 5.74) is 3.39. The van der Waals surface area contributed by atoms with E-state index in [1.54, 1.807) is 12.1 Å². The van der Waals surface area contributed by atoms with Crippen molar-refractivity contribution in [2.45, 2.75) is 19.7 Å². The lowest BCUT2D eigenvalue weighted by atomic mass is 10.1. The fourth-order valence-corrected chi connectivity index (χ4v) is 2.90. The number of hydrogen-bond acceptors (Lipinski definition) is 3. The van der Waals surface area contributed by atoms with Crippen LogP contribution in [0.5, 0.6) is 5.75 Å². The Morgan fingerprint density at radius 3 is 2.44 bits per heavy atom. The summed E-state index contributed by atoms with van der Waals surface area (Å²) in [5.74, 6) is -0.0912. The minimum Gasteiger partial charge on any atom is -0.489 e. The Morgan fingerprint density at radius 2 is 1.70 bits per heavy atom. The number of nitrogens with one attached hydrogen (secondary N) is 1. The first kappa shape index (κ1) is 19.0. The number of para-hydroxylation sites is 1. The van der Waals surface area contributed by atoms with E-state index < -0.39 is 5.97 Å². The quantitative estimate of drug-likeness (QED) is 0.582. The van der Waals surface area contributed by atoms with Crippen molar-refractivity contribution in [3.05, 3.63) is 100 Å². The highest BCUT2D eigenvalue weighted by atomic mass is 35.5. The van der Waals surface area contributed by atoms with Crippen LogP contribution in [0.25, 0.3) is 0 Å². The zero-order valence-corrected chi connectivity index (χ0v) is 15.4. The molecule has 0 radical (unpaired) electrons. The third kappa shape index (κ3) is 5.58. The molecule has 0 aromatic heterocycles. The largest absolute Gasteiger partial charge is 0.489 e. The highest BCUT2D eigenvalue weighted by Gasteiger charge is 2.05. The third-order valence-corrected chi connectivity index (χ3v) is 4.34. The number of carboxylic acid groups (broad SMARTS) is 1. The van der Waals surface area contributed by atoms with Gasteiger partial charge in [-0.05, 0) is 41.5 Å². The van der Waals surface area contributed by atoms with Crippen molar-refractivity contribution in [2.75, 3.05) is 0 Å². The lowest BCUT2D eigenvalue weighted by molar-refractivity contribution is 0.0697. The molecule has 3 aromatic rings.